The first kappa shape index (κ1) is 15.6. The monoisotopic (exact) mass is 325 g/mol. The molecule has 0 amide bonds. The third-order valence-electron chi connectivity index (χ3n) is 5.98. The van der Waals surface area contributed by atoms with Gasteiger partial charge in [-0.2, -0.15) is 0 Å². The first-order chi connectivity index (χ1) is 11.6. The lowest BCUT2D eigenvalue weighted by Gasteiger charge is -2.36. The number of benzene rings is 2. The normalized spacial score (nSPS) is 26.5. The Hall–Kier alpha value is -1.87. The molecular weight excluding hydrogens is 301 g/mol. The van der Waals surface area contributed by atoms with E-state index in [2.05, 4.69) is 36.1 Å². The van der Waals surface area contributed by atoms with Crippen molar-refractivity contribution in [2.45, 2.75) is 37.6 Å². The Balaban J connectivity index is 1.58. The Kier molecular flexibility index (Phi) is 3.84. The van der Waals surface area contributed by atoms with Crippen molar-refractivity contribution in [3.05, 3.63) is 65.0 Å². The van der Waals surface area contributed by atoms with E-state index < -0.39 is 0 Å². The van der Waals surface area contributed by atoms with E-state index in [-0.39, 0.29) is 11.4 Å². The summed E-state index contributed by atoms with van der Waals surface area (Å²) >= 11 is 0. The van der Waals surface area contributed by atoms with Crippen molar-refractivity contribution >= 4 is 0 Å². The number of ether oxygens (including phenoxy) is 1. The van der Waals surface area contributed by atoms with Gasteiger partial charge in [0.05, 0.1) is 7.11 Å². The molecule has 0 N–H and O–H groups in total. The number of halogens is 1. The molecule has 2 nitrogen and oxygen atoms in total. The molecule has 2 aromatic carbocycles. The van der Waals surface area contributed by atoms with E-state index >= 15 is 0 Å². The van der Waals surface area contributed by atoms with Crippen molar-refractivity contribution in [1.82, 2.24) is 4.90 Å². The van der Waals surface area contributed by atoms with Crippen LogP contribution >= 0.6 is 0 Å². The van der Waals surface area contributed by atoms with Gasteiger partial charge in [-0.25, -0.2) is 4.39 Å². The Bertz CT molecular complexity index is 759. The van der Waals surface area contributed by atoms with E-state index in [1.807, 2.05) is 6.07 Å². The van der Waals surface area contributed by atoms with Crippen LogP contribution in [0, 0.1) is 5.82 Å². The molecule has 0 radical (unpaired) electrons. The van der Waals surface area contributed by atoms with Gasteiger partial charge in [0.25, 0.3) is 0 Å². The minimum absolute atomic E-state index is 0.0870. The van der Waals surface area contributed by atoms with Crippen LogP contribution in [0.15, 0.2) is 42.5 Å². The molecule has 1 saturated heterocycles. The van der Waals surface area contributed by atoms with Crippen LogP contribution < -0.4 is 4.74 Å². The minimum atomic E-state index is -0.129. The number of aryl methyl sites for hydroxylation is 1. The largest absolute Gasteiger partial charge is 0.497 e. The highest BCUT2D eigenvalue weighted by Gasteiger charge is 2.42. The smallest absolute Gasteiger partial charge is 0.123 e. The fraction of sp³-hybridized carbons (Fsp3) is 0.429. The van der Waals surface area contributed by atoms with E-state index in [1.165, 1.54) is 17.2 Å². The Morgan fingerprint density at radius 3 is 2.88 bits per heavy atom. The molecule has 0 saturated carbocycles. The molecule has 1 aliphatic heterocycles. The van der Waals surface area contributed by atoms with Gasteiger partial charge in [0, 0.05) is 12.1 Å². The van der Waals surface area contributed by atoms with E-state index in [9.17, 15) is 4.39 Å². The number of methoxy groups -OCH3 is 1. The lowest BCUT2D eigenvalue weighted by atomic mass is 9.92. The van der Waals surface area contributed by atoms with Crippen LogP contribution in [-0.4, -0.2) is 25.1 Å². The first-order valence-electron chi connectivity index (χ1n) is 8.78. The second-order valence-corrected chi connectivity index (χ2v) is 7.28. The van der Waals surface area contributed by atoms with Gasteiger partial charge in [-0.15, -0.1) is 0 Å². The second-order valence-electron chi connectivity index (χ2n) is 7.28. The van der Waals surface area contributed by atoms with Crippen molar-refractivity contribution in [1.29, 1.82) is 0 Å². The van der Waals surface area contributed by atoms with Crippen LogP contribution in [0.5, 0.6) is 5.75 Å². The molecular formula is C21H24FNO. The Morgan fingerprint density at radius 2 is 2.08 bits per heavy atom. The third kappa shape index (κ3) is 2.51. The van der Waals surface area contributed by atoms with E-state index in [0.29, 0.717) is 5.92 Å². The molecule has 2 aromatic rings. The molecule has 24 heavy (non-hydrogen) atoms. The van der Waals surface area contributed by atoms with Gasteiger partial charge in [-0.3, -0.25) is 4.90 Å². The number of hydrogen-bond acceptors (Lipinski definition) is 2. The Morgan fingerprint density at radius 1 is 1.21 bits per heavy atom. The zero-order valence-electron chi connectivity index (χ0n) is 14.4. The molecule has 2 atom stereocenters. The van der Waals surface area contributed by atoms with Gasteiger partial charge in [0.2, 0.25) is 0 Å². The van der Waals surface area contributed by atoms with Crippen LogP contribution in [-0.2, 0) is 12.0 Å². The van der Waals surface area contributed by atoms with Gasteiger partial charge in [-0.1, -0.05) is 18.2 Å². The molecule has 1 heterocycles. The topological polar surface area (TPSA) is 12.5 Å². The maximum Gasteiger partial charge on any atom is 0.123 e. The molecule has 1 fully saturated rings. The van der Waals surface area contributed by atoms with Crippen LogP contribution in [0.4, 0.5) is 4.39 Å². The van der Waals surface area contributed by atoms with E-state index in [4.69, 9.17) is 4.74 Å². The first-order valence-corrected chi connectivity index (χ1v) is 8.78. The molecule has 0 spiro atoms. The fourth-order valence-corrected chi connectivity index (χ4v) is 4.51. The van der Waals surface area contributed by atoms with Gasteiger partial charge in [0.1, 0.15) is 11.6 Å². The number of nitrogens with zero attached hydrogens (tertiary/aromatic N) is 1. The van der Waals surface area contributed by atoms with Crippen molar-refractivity contribution in [2.75, 3.05) is 20.2 Å². The minimum Gasteiger partial charge on any atom is -0.497 e. The highest BCUT2D eigenvalue weighted by Crippen LogP contribution is 2.45. The average molecular weight is 325 g/mol. The zero-order valence-corrected chi connectivity index (χ0v) is 14.4. The van der Waals surface area contributed by atoms with Crippen LogP contribution in [0.25, 0.3) is 0 Å². The van der Waals surface area contributed by atoms with Crippen LogP contribution in [0.1, 0.15) is 42.4 Å². The zero-order chi connectivity index (χ0) is 16.7. The molecule has 0 aromatic heterocycles. The highest BCUT2D eigenvalue weighted by molar-refractivity contribution is 5.43. The summed E-state index contributed by atoms with van der Waals surface area (Å²) in [5.74, 6) is 1.24. The summed E-state index contributed by atoms with van der Waals surface area (Å²) in [7, 11) is 1.72. The van der Waals surface area contributed by atoms with Gasteiger partial charge < -0.3 is 4.74 Å². The molecule has 1 aliphatic carbocycles. The molecule has 4 rings (SSSR count). The summed E-state index contributed by atoms with van der Waals surface area (Å²) < 4.78 is 18.9. The molecule has 126 valence electrons. The predicted octanol–water partition coefficient (Wildman–Crippen LogP) is 4.49. The SMILES string of the molecule is COc1ccc2c(c1)CCC2(C)N1CCC(c2cccc(F)c2)C1. The number of hydrogen-bond donors (Lipinski definition) is 0. The van der Waals surface area contributed by atoms with E-state index in [0.717, 1.165) is 43.7 Å². The van der Waals surface area contributed by atoms with Crippen LogP contribution in [0.3, 0.4) is 0 Å². The average Bonchev–Trinajstić information content (AvgIpc) is 3.21. The summed E-state index contributed by atoms with van der Waals surface area (Å²) in [6.45, 7) is 4.44. The maximum atomic E-state index is 13.5. The summed E-state index contributed by atoms with van der Waals surface area (Å²) in [5, 5.41) is 0. The number of likely N-dealkylation sites (tertiary alicyclic amines) is 1. The lowest BCUT2D eigenvalue weighted by molar-refractivity contribution is 0.134. The van der Waals surface area contributed by atoms with Crippen molar-refractivity contribution < 1.29 is 9.13 Å². The van der Waals surface area contributed by atoms with Gasteiger partial charge in [-0.05, 0) is 79.6 Å². The quantitative estimate of drug-likeness (QED) is 0.825. The van der Waals surface area contributed by atoms with Crippen molar-refractivity contribution in [3.63, 3.8) is 0 Å². The fourth-order valence-electron chi connectivity index (χ4n) is 4.51. The Labute approximate surface area is 143 Å². The second kappa shape index (κ2) is 5.89. The summed E-state index contributed by atoms with van der Waals surface area (Å²) in [6, 6.07) is 13.6. The molecule has 2 unspecified atom stereocenters. The highest BCUT2D eigenvalue weighted by atomic mass is 19.1. The van der Waals surface area contributed by atoms with Crippen molar-refractivity contribution in [2.24, 2.45) is 0 Å². The lowest BCUT2D eigenvalue weighted by Crippen LogP contribution is -2.40. The van der Waals surface area contributed by atoms with E-state index in [1.54, 1.807) is 13.2 Å². The van der Waals surface area contributed by atoms with Gasteiger partial charge in [0.15, 0.2) is 0 Å². The number of fused-ring (bicyclic) bond motifs is 1. The molecule has 0 bridgehead atoms. The van der Waals surface area contributed by atoms with Crippen LogP contribution in [0.2, 0.25) is 0 Å². The predicted molar refractivity (Wildman–Crippen MR) is 94.0 cm³/mol. The van der Waals surface area contributed by atoms with Gasteiger partial charge >= 0.3 is 0 Å². The third-order valence-corrected chi connectivity index (χ3v) is 5.98. The summed E-state index contributed by atoms with van der Waals surface area (Å²) in [6.07, 6.45) is 3.35. The summed E-state index contributed by atoms with van der Waals surface area (Å²) in [4.78, 5) is 2.60. The van der Waals surface area contributed by atoms with Crippen molar-refractivity contribution in [3.8, 4) is 5.75 Å². The standard InChI is InChI=1S/C21H24FNO/c1-21(10-8-16-13-19(24-2)6-7-20(16)21)23-11-9-17(14-23)15-4-3-5-18(22)12-15/h3-7,12-13,17H,8-11,14H2,1-2H3. The summed E-state index contributed by atoms with van der Waals surface area (Å²) in [5.41, 5.74) is 4.06. The number of rotatable bonds is 3. The maximum absolute atomic E-state index is 13.5. The molecule has 2 aliphatic rings. The molecule has 3 heteroatoms.